The summed E-state index contributed by atoms with van der Waals surface area (Å²) in [4.78, 5) is 24.9. The second-order valence-corrected chi connectivity index (χ2v) is 9.24. The van der Waals surface area contributed by atoms with Crippen molar-refractivity contribution < 1.29 is 38.4 Å². The summed E-state index contributed by atoms with van der Waals surface area (Å²) in [6.07, 6.45) is -0.454. The maximum atomic E-state index is 14.6. The molecule has 2 aromatic carbocycles. The first kappa shape index (κ1) is 28.5. The molecule has 0 aliphatic rings. The second kappa shape index (κ2) is 12.0. The molecule has 3 aromatic rings. The number of methoxy groups -OCH3 is 2. The fraction of sp³-hybridized carbons (Fsp3) is 0.370. The molecule has 0 bridgehead atoms. The van der Waals surface area contributed by atoms with Crippen LogP contribution in [0.5, 0.6) is 17.4 Å². The summed E-state index contributed by atoms with van der Waals surface area (Å²) in [7, 11) is 2.85. The van der Waals surface area contributed by atoms with Gasteiger partial charge < -0.3 is 29.7 Å². The van der Waals surface area contributed by atoms with Crippen molar-refractivity contribution in [3.63, 3.8) is 0 Å². The maximum Gasteiger partial charge on any atom is 0.305 e. The molecule has 0 unspecified atom stereocenters. The largest absolute Gasteiger partial charge is 0.493 e. The van der Waals surface area contributed by atoms with Crippen molar-refractivity contribution in [2.24, 2.45) is 5.92 Å². The first-order valence-electron chi connectivity index (χ1n) is 11.9. The van der Waals surface area contributed by atoms with Crippen LogP contribution in [0.25, 0.3) is 5.69 Å². The number of para-hydroxylation sites is 2. The van der Waals surface area contributed by atoms with Gasteiger partial charge in [0.05, 0.1) is 32.3 Å². The predicted molar refractivity (Wildman–Crippen MR) is 136 cm³/mol. The molecule has 2 atom stereocenters. The molecular weight excluding hydrogens is 497 g/mol. The normalized spacial score (nSPS) is 13.5. The van der Waals surface area contributed by atoms with Gasteiger partial charge in [0.1, 0.15) is 18.1 Å². The molecule has 0 aliphatic heterocycles. The lowest BCUT2D eigenvalue weighted by molar-refractivity contribution is -0.137. The van der Waals surface area contributed by atoms with Crippen molar-refractivity contribution >= 4 is 11.9 Å². The lowest BCUT2D eigenvalue weighted by atomic mass is 9.94. The van der Waals surface area contributed by atoms with Gasteiger partial charge in [-0.1, -0.05) is 38.1 Å². The van der Waals surface area contributed by atoms with Gasteiger partial charge in [0.25, 0.3) is 5.91 Å². The van der Waals surface area contributed by atoms with Crippen LogP contribution in [0.15, 0.2) is 48.5 Å². The molecule has 1 amide bonds. The number of hydrogen-bond donors (Lipinski definition) is 3. The van der Waals surface area contributed by atoms with Gasteiger partial charge in [0, 0.05) is 11.6 Å². The molecule has 1 heterocycles. The highest BCUT2D eigenvalue weighted by Crippen LogP contribution is 2.36. The minimum absolute atomic E-state index is 0.0231. The van der Waals surface area contributed by atoms with Crippen LogP contribution in [-0.2, 0) is 4.79 Å². The fourth-order valence-corrected chi connectivity index (χ4v) is 3.59. The van der Waals surface area contributed by atoms with Crippen LogP contribution in [-0.4, -0.2) is 58.3 Å². The molecule has 0 fully saturated rings. The van der Waals surface area contributed by atoms with Crippen molar-refractivity contribution in [1.29, 1.82) is 0 Å². The molecule has 3 rings (SSSR count). The van der Waals surface area contributed by atoms with Crippen molar-refractivity contribution in [3.05, 3.63) is 65.6 Å². The number of halogens is 1. The summed E-state index contributed by atoms with van der Waals surface area (Å²) in [5, 5.41) is 27.0. The van der Waals surface area contributed by atoms with Crippen LogP contribution in [0, 0.1) is 11.7 Å². The van der Waals surface area contributed by atoms with E-state index in [9.17, 15) is 24.2 Å². The molecule has 0 saturated carbocycles. The number of carbonyl (C=O) groups excluding carboxylic acids is 1. The number of hydrogen-bond acceptors (Lipinski definition) is 7. The van der Waals surface area contributed by atoms with Crippen LogP contribution >= 0.6 is 0 Å². The molecule has 3 N–H and O–H groups in total. The first-order valence-corrected chi connectivity index (χ1v) is 11.9. The van der Waals surface area contributed by atoms with E-state index in [0.717, 1.165) is 4.68 Å². The Labute approximate surface area is 219 Å². The number of benzene rings is 2. The van der Waals surface area contributed by atoms with Gasteiger partial charge in [-0.05, 0) is 31.0 Å². The summed E-state index contributed by atoms with van der Waals surface area (Å²) in [6, 6.07) is 11.0. The number of aromatic nitrogens is 2. The van der Waals surface area contributed by atoms with Crippen molar-refractivity contribution in [3.8, 4) is 23.1 Å². The van der Waals surface area contributed by atoms with Gasteiger partial charge in [-0.15, -0.1) is 0 Å². The Kier molecular flexibility index (Phi) is 8.95. The monoisotopic (exact) mass is 529 g/mol. The summed E-state index contributed by atoms with van der Waals surface area (Å²) >= 11 is 0. The van der Waals surface area contributed by atoms with E-state index in [1.54, 1.807) is 31.2 Å². The predicted octanol–water partition coefficient (Wildman–Crippen LogP) is 3.76. The third kappa shape index (κ3) is 6.41. The molecule has 204 valence electrons. The lowest BCUT2D eigenvalue weighted by Crippen LogP contribution is -2.38. The number of nitrogens with one attached hydrogen (secondary N) is 1. The fourth-order valence-electron chi connectivity index (χ4n) is 3.59. The van der Waals surface area contributed by atoms with Crippen molar-refractivity contribution in [2.45, 2.75) is 38.8 Å². The third-order valence-electron chi connectivity index (χ3n) is 6.24. The average molecular weight is 530 g/mol. The minimum Gasteiger partial charge on any atom is -0.493 e. The summed E-state index contributed by atoms with van der Waals surface area (Å²) in [5.74, 6) is -1.97. The Morgan fingerprint density at radius 1 is 1.13 bits per heavy atom. The van der Waals surface area contributed by atoms with E-state index in [-0.39, 0.29) is 35.5 Å². The minimum atomic E-state index is -1.21. The van der Waals surface area contributed by atoms with Gasteiger partial charge >= 0.3 is 5.97 Å². The van der Waals surface area contributed by atoms with Crippen LogP contribution < -0.4 is 19.5 Å². The standard InChI is InChI=1S/C27H32FN3O7/c1-16(2)27(3,35)15-38-23-13-20(30-31(23)21-11-7-6-10-18(21)28)26(34)29-19(14-24(32)33)17-9-8-12-22(36-4)25(17)37-5/h6-13,16,19,35H,14-15H2,1-5H3,(H,29,34)(H,32,33)/t19-,27+/m0/s1. The number of ether oxygens (including phenoxy) is 3. The number of carboxylic acids is 1. The smallest absolute Gasteiger partial charge is 0.305 e. The Bertz CT molecular complexity index is 1290. The highest BCUT2D eigenvalue weighted by molar-refractivity contribution is 5.93. The Hall–Kier alpha value is -4.12. The van der Waals surface area contributed by atoms with E-state index in [0.29, 0.717) is 11.3 Å². The second-order valence-electron chi connectivity index (χ2n) is 9.24. The van der Waals surface area contributed by atoms with Crippen LogP contribution in [0.4, 0.5) is 4.39 Å². The number of amides is 1. The first-order chi connectivity index (χ1) is 18.0. The Balaban J connectivity index is 2.00. The Morgan fingerprint density at radius 3 is 2.45 bits per heavy atom. The zero-order valence-corrected chi connectivity index (χ0v) is 21.9. The summed E-state index contributed by atoms with van der Waals surface area (Å²) < 4.78 is 32.3. The third-order valence-corrected chi connectivity index (χ3v) is 6.24. The highest BCUT2D eigenvalue weighted by Gasteiger charge is 2.29. The molecule has 0 spiro atoms. The van der Waals surface area contributed by atoms with Gasteiger partial charge in [-0.2, -0.15) is 9.78 Å². The number of carboxylic acid groups (broad SMARTS) is 1. The van der Waals surface area contributed by atoms with Crippen molar-refractivity contribution in [2.75, 3.05) is 20.8 Å². The van der Waals surface area contributed by atoms with Crippen LogP contribution in [0.1, 0.15) is 49.3 Å². The van der Waals surface area contributed by atoms with Gasteiger partial charge in [0.2, 0.25) is 5.88 Å². The summed E-state index contributed by atoms with van der Waals surface area (Å²) in [5.41, 5.74) is -0.935. The molecule has 38 heavy (non-hydrogen) atoms. The molecular formula is C27H32FN3O7. The zero-order chi connectivity index (χ0) is 28.0. The average Bonchev–Trinajstić information content (AvgIpc) is 3.30. The molecule has 10 nitrogen and oxygen atoms in total. The number of carbonyl (C=O) groups is 2. The summed E-state index contributed by atoms with van der Waals surface area (Å²) in [6.45, 7) is 5.11. The topological polar surface area (TPSA) is 132 Å². The van der Waals surface area contributed by atoms with Gasteiger partial charge in [0.15, 0.2) is 17.2 Å². The van der Waals surface area contributed by atoms with Gasteiger partial charge in [-0.25, -0.2) is 4.39 Å². The van der Waals surface area contributed by atoms with E-state index in [1.165, 1.54) is 38.5 Å². The molecule has 1 aromatic heterocycles. The number of aliphatic hydroxyl groups is 1. The number of rotatable bonds is 12. The van der Waals surface area contributed by atoms with E-state index in [2.05, 4.69) is 10.4 Å². The lowest BCUT2D eigenvalue weighted by Gasteiger charge is -2.27. The molecule has 0 radical (unpaired) electrons. The van der Waals surface area contributed by atoms with Gasteiger partial charge in [-0.3, -0.25) is 9.59 Å². The zero-order valence-electron chi connectivity index (χ0n) is 21.9. The Morgan fingerprint density at radius 2 is 1.84 bits per heavy atom. The van der Waals surface area contributed by atoms with E-state index < -0.39 is 35.8 Å². The van der Waals surface area contributed by atoms with E-state index in [4.69, 9.17) is 14.2 Å². The van der Waals surface area contributed by atoms with E-state index >= 15 is 0 Å². The van der Waals surface area contributed by atoms with E-state index in [1.807, 2.05) is 13.8 Å². The number of nitrogens with zero attached hydrogens (tertiary/aromatic N) is 2. The molecule has 11 heteroatoms. The SMILES string of the molecule is COc1cccc([C@H](CC(=O)O)NC(=O)c2cc(OC[C@@](C)(O)C(C)C)n(-c3ccccc3F)n2)c1OC. The van der Waals surface area contributed by atoms with Crippen molar-refractivity contribution in [1.82, 2.24) is 15.1 Å². The van der Waals surface area contributed by atoms with Crippen LogP contribution in [0.3, 0.4) is 0 Å². The molecule has 0 aliphatic carbocycles. The maximum absolute atomic E-state index is 14.6. The quantitative estimate of drug-likeness (QED) is 0.323. The van der Waals surface area contributed by atoms with Crippen LogP contribution in [0.2, 0.25) is 0 Å². The molecule has 0 saturated heterocycles. The number of aliphatic carboxylic acids is 1. The highest BCUT2D eigenvalue weighted by atomic mass is 19.1.